The molecular weight excluding hydrogens is 417 g/mol. The number of carbonyl (C=O) groups excluding carboxylic acids is 1. The molecule has 6 nitrogen and oxygen atoms in total. The predicted octanol–water partition coefficient (Wildman–Crippen LogP) is 3.54. The highest BCUT2D eigenvalue weighted by Crippen LogP contribution is 2.58. The van der Waals surface area contributed by atoms with Crippen LogP contribution >= 0.6 is 11.8 Å². The molecule has 30 heavy (non-hydrogen) atoms. The number of nitrogens with one attached hydrogen (secondary N) is 1. The summed E-state index contributed by atoms with van der Waals surface area (Å²) in [5.41, 5.74) is 4.57. The van der Waals surface area contributed by atoms with Crippen LogP contribution in [0.5, 0.6) is 5.75 Å². The van der Waals surface area contributed by atoms with Gasteiger partial charge in [0.05, 0.1) is 13.3 Å². The number of aromatic nitrogens is 1. The Labute approximate surface area is 175 Å². The molecule has 0 bridgehead atoms. The lowest BCUT2D eigenvalue weighted by Crippen LogP contribution is -2.37. The fourth-order valence-electron chi connectivity index (χ4n) is 3.79. The van der Waals surface area contributed by atoms with Crippen LogP contribution in [-0.4, -0.2) is 35.1 Å². The Balaban J connectivity index is 1.71. The number of benzene rings is 1. The molecule has 1 aromatic carbocycles. The van der Waals surface area contributed by atoms with Gasteiger partial charge in [-0.3, -0.25) is 4.79 Å². The first kappa shape index (κ1) is 20.5. The number of pyridine rings is 1. The van der Waals surface area contributed by atoms with Gasteiger partial charge in [0.25, 0.3) is 5.91 Å². The zero-order chi connectivity index (χ0) is 21.6. The number of halogens is 3. The number of nitrogens with zero attached hydrogens (tertiary/aromatic N) is 2. The van der Waals surface area contributed by atoms with Crippen LogP contribution in [0.15, 0.2) is 29.4 Å². The highest BCUT2D eigenvalue weighted by atomic mass is 32.2. The third-order valence-electron chi connectivity index (χ3n) is 5.39. The van der Waals surface area contributed by atoms with Gasteiger partial charge in [0, 0.05) is 28.5 Å². The maximum absolute atomic E-state index is 14.7. The van der Waals surface area contributed by atoms with Gasteiger partial charge in [-0.15, -0.1) is 0 Å². The summed E-state index contributed by atoms with van der Waals surface area (Å²) in [7, 11) is 1.48. The summed E-state index contributed by atoms with van der Waals surface area (Å²) in [5, 5.41) is 2.67. The van der Waals surface area contributed by atoms with Gasteiger partial charge in [0.15, 0.2) is 16.8 Å². The number of amidine groups is 1. The molecule has 0 saturated heterocycles. The molecule has 2 aromatic rings. The predicted molar refractivity (Wildman–Crippen MR) is 109 cm³/mol. The van der Waals surface area contributed by atoms with Crippen LogP contribution in [0.25, 0.3) is 0 Å². The number of aryl methyl sites for hydroxylation is 1. The Morgan fingerprint density at radius 3 is 2.83 bits per heavy atom. The monoisotopic (exact) mass is 436 g/mol. The van der Waals surface area contributed by atoms with Crippen LogP contribution in [0.2, 0.25) is 0 Å². The molecule has 1 saturated carbocycles. The molecule has 2 heterocycles. The van der Waals surface area contributed by atoms with Gasteiger partial charge in [-0.2, -0.15) is 0 Å². The van der Waals surface area contributed by atoms with Crippen molar-refractivity contribution in [1.82, 2.24) is 4.98 Å². The summed E-state index contributed by atoms with van der Waals surface area (Å²) in [6.07, 6.45) is 1.98. The van der Waals surface area contributed by atoms with Crippen LogP contribution in [0.4, 0.5) is 18.9 Å². The number of carbonyl (C=O) groups is 1. The Morgan fingerprint density at radius 2 is 2.17 bits per heavy atom. The van der Waals surface area contributed by atoms with Gasteiger partial charge in [-0.25, -0.2) is 23.1 Å². The topological polar surface area (TPSA) is 89.6 Å². The van der Waals surface area contributed by atoms with Crippen molar-refractivity contribution in [2.75, 3.05) is 19.1 Å². The van der Waals surface area contributed by atoms with Crippen LogP contribution in [-0.2, 0) is 5.54 Å². The standard InChI is InChI=1S/C20H19F3N4O2S/c1-9-3-11(29-2)7-25-17(9)18(28)26-10-4-13(16(23)14(22)5-10)20(8-21)12-6-15(12)30-19(24)27-20/h3-5,7,12,15H,6,8H2,1-2H3,(H2,24,27)(H,26,28)/t12?,15?,20-/m0/s1. The number of alkyl halides is 1. The lowest BCUT2D eigenvalue weighted by atomic mass is 9.85. The van der Waals surface area contributed by atoms with E-state index in [0.717, 1.165) is 6.07 Å². The van der Waals surface area contributed by atoms with E-state index in [4.69, 9.17) is 10.5 Å². The van der Waals surface area contributed by atoms with Gasteiger partial charge in [-0.05, 0) is 31.0 Å². The van der Waals surface area contributed by atoms with E-state index in [1.165, 1.54) is 31.1 Å². The molecule has 10 heteroatoms. The third-order valence-corrected chi connectivity index (χ3v) is 6.54. The number of methoxy groups -OCH3 is 1. The first-order chi connectivity index (χ1) is 14.3. The highest BCUT2D eigenvalue weighted by Gasteiger charge is 2.58. The summed E-state index contributed by atoms with van der Waals surface area (Å²) in [6, 6.07) is 3.69. The van der Waals surface area contributed by atoms with Gasteiger partial charge in [0.2, 0.25) is 0 Å². The summed E-state index contributed by atoms with van der Waals surface area (Å²) in [4.78, 5) is 20.9. The number of fused-ring (bicyclic) bond motifs is 1. The largest absolute Gasteiger partial charge is 0.495 e. The van der Waals surface area contributed by atoms with Crippen LogP contribution < -0.4 is 15.8 Å². The van der Waals surface area contributed by atoms with Crippen molar-refractivity contribution in [1.29, 1.82) is 0 Å². The van der Waals surface area contributed by atoms with Gasteiger partial charge >= 0.3 is 0 Å². The van der Waals surface area contributed by atoms with E-state index in [9.17, 15) is 18.0 Å². The number of nitrogens with two attached hydrogens (primary N) is 1. The summed E-state index contributed by atoms with van der Waals surface area (Å²) >= 11 is 1.31. The van der Waals surface area contributed by atoms with Crippen LogP contribution in [0, 0.1) is 24.5 Å². The van der Waals surface area contributed by atoms with Gasteiger partial charge < -0.3 is 15.8 Å². The van der Waals surface area contributed by atoms with Crippen molar-refractivity contribution < 1.29 is 22.7 Å². The van der Waals surface area contributed by atoms with E-state index in [2.05, 4.69) is 15.3 Å². The van der Waals surface area contributed by atoms with Crippen molar-refractivity contribution in [2.45, 2.75) is 24.1 Å². The SMILES string of the molecule is COc1cnc(C(=O)Nc2cc(F)c(F)c([C@@]3(CF)N=C(N)SC4CC43)c2)c(C)c1. The molecule has 1 fully saturated rings. The summed E-state index contributed by atoms with van der Waals surface area (Å²) in [6.45, 7) is 0.645. The molecule has 4 rings (SSSR count). The second-order valence-electron chi connectivity index (χ2n) is 7.32. The fraction of sp³-hybridized carbons (Fsp3) is 0.350. The zero-order valence-corrected chi connectivity index (χ0v) is 17.0. The molecule has 2 unspecified atom stereocenters. The highest BCUT2D eigenvalue weighted by molar-refractivity contribution is 8.14. The van der Waals surface area contributed by atoms with Gasteiger partial charge in [-0.1, -0.05) is 11.8 Å². The Hall–Kier alpha value is -2.75. The number of amides is 1. The number of thioether (sulfide) groups is 1. The summed E-state index contributed by atoms with van der Waals surface area (Å²) in [5.74, 6) is -2.83. The number of aliphatic imine (C=N–C) groups is 1. The number of anilines is 1. The van der Waals surface area contributed by atoms with Gasteiger partial charge in [0.1, 0.15) is 23.7 Å². The first-order valence-corrected chi connectivity index (χ1v) is 10.1. The second kappa shape index (κ2) is 7.50. The molecule has 3 atom stereocenters. The molecule has 0 radical (unpaired) electrons. The van der Waals surface area contributed by atoms with Crippen molar-refractivity contribution in [2.24, 2.45) is 16.6 Å². The lowest BCUT2D eigenvalue weighted by Gasteiger charge is -2.31. The molecule has 0 spiro atoms. The second-order valence-corrected chi connectivity index (χ2v) is 8.58. The number of hydrogen-bond acceptors (Lipinski definition) is 6. The lowest BCUT2D eigenvalue weighted by molar-refractivity contribution is 0.102. The van der Waals surface area contributed by atoms with Crippen LogP contribution in [0.1, 0.15) is 28.0 Å². The average molecular weight is 436 g/mol. The molecule has 158 valence electrons. The maximum atomic E-state index is 14.7. The van der Waals surface area contributed by atoms with E-state index in [0.29, 0.717) is 17.7 Å². The van der Waals surface area contributed by atoms with Crippen LogP contribution in [0.3, 0.4) is 0 Å². The first-order valence-electron chi connectivity index (χ1n) is 9.18. The Bertz CT molecular complexity index is 1060. The zero-order valence-electron chi connectivity index (χ0n) is 16.2. The normalized spacial score (nSPS) is 24.6. The third kappa shape index (κ3) is 3.38. The van der Waals surface area contributed by atoms with E-state index < -0.39 is 29.8 Å². The Kier molecular flexibility index (Phi) is 5.13. The molecule has 1 amide bonds. The quantitative estimate of drug-likeness (QED) is 0.748. The van der Waals surface area contributed by atoms with Crippen molar-refractivity contribution >= 4 is 28.5 Å². The van der Waals surface area contributed by atoms with E-state index in [1.54, 1.807) is 13.0 Å². The van der Waals surface area contributed by atoms with Crippen molar-refractivity contribution in [3.63, 3.8) is 0 Å². The molecular formula is C20H19F3N4O2S. The average Bonchev–Trinajstić information content (AvgIpc) is 3.49. The summed E-state index contributed by atoms with van der Waals surface area (Å²) < 4.78 is 48.4. The molecule has 2 aliphatic rings. The maximum Gasteiger partial charge on any atom is 0.274 e. The minimum atomic E-state index is -1.60. The number of ether oxygens (including phenoxy) is 1. The fourth-order valence-corrected chi connectivity index (χ4v) is 5.01. The molecule has 1 aliphatic heterocycles. The molecule has 3 N–H and O–H groups in total. The molecule has 1 aromatic heterocycles. The molecule has 1 aliphatic carbocycles. The minimum absolute atomic E-state index is 0.0186. The van der Waals surface area contributed by atoms with Crippen molar-refractivity contribution in [3.05, 3.63) is 52.9 Å². The van der Waals surface area contributed by atoms with E-state index in [-0.39, 0.29) is 33.3 Å². The van der Waals surface area contributed by atoms with E-state index in [1.807, 2.05) is 0 Å². The van der Waals surface area contributed by atoms with Crippen molar-refractivity contribution in [3.8, 4) is 5.75 Å². The number of hydrogen-bond donors (Lipinski definition) is 2. The van der Waals surface area contributed by atoms with E-state index >= 15 is 0 Å². The minimum Gasteiger partial charge on any atom is -0.495 e. The smallest absolute Gasteiger partial charge is 0.274 e. The Morgan fingerprint density at radius 1 is 1.40 bits per heavy atom. The number of rotatable bonds is 5.